The number of hydrogen-bond acceptors (Lipinski definition) is 3. The largest absolute Gasteiger partial charge is 0.334 e. The zero-order valence-corrected chi connectivity index (χ0v) is 14.9. The predicted octanol–water partition coefficient (Wildman–Crippen LogP) is 1.89. The third-order valence-corrected chi connectivity index (χ3v) is 4.42. The van der Waals surface area contributed by atoms with Gasteiger partial charge in [-0.05, 0) is 38.2 Å². The van der Waals surface area contributed by atoms with Gasteiger partial charge in [-0.1, -0.05) is 12.1 Å². The summed E-state index contributed by atoms with van der Waals surface area (Å²) in [5.41, 5.74) is 4.18. The van der Waals surface area contributed by atoms with Gasteiger partial charge in [-0.3, -0.25) is 4.68 Å². The summed E-state index contributed by atoms with van der Waals surface area (Å²) in [7, 11) is 5.97. The van der Waals surface area contributed by atoms with E-state index in [1.165, 1.54) is 17.7 Å². The van der Waals surface area contributed by atoms with Crippen LogP contribution in [0.1, 0.15) is 22.5 Å². The second kappa shape index (κ2) is 7.23. The van der Waals surface area contributed by atoms with E-state index >= 15 is 0 Å². The number of aromatic nitrogens is 2. The van der Waals surface area contributed by atoms with E-state index in [-0.39, 0.29) is 11.8 Å². The third-order valence-electron chi connectivity index (χ3n) is 4.42. The molecule has 1 aromatic heterocycles. The molecule has 6 nitrogen and oxygen atoms in total. The summed E-state index contributed by atoms with van der Waals surface area (Å²) in [6.07, 6.45) is 0.805. The van der Waals surface area contributed by atoms with Crippen molar-refractivity contribution in [1.82, 2.24) is 24.9 Å². The van der Waals surface area contributed by atoms with Crippen LogP contribution >= 0.6 is 0 Å². The number of nitrogens with zero attached hydrogens (tertiary/aromatic N) is 4. The first-order valence-corrected chi connectivity index (χ1v) is 8.39. The number of nitrogens with one attached hydrogen (secondary N) is 1. The zero-order valence-electron chi connectivity index (χ0n) is 14.9. The van der Waals surface area contributed by atoms with Gasteiger partial charge in [0, 0.05) is 32.2 Å². The molecule has 1 aromatic carbocycles. The molecule has 0 spiro atoms. The molecule has 0 saturated carbocycles. The summed E-state index contributed by atoms with van der Waals surface area (Å²) >= 11 is 0. The minimum atomic E-state index is -0.294. The maximum atomic E-state index is 13.2. The smallest absolute Gasteiger partial charge is 0.318 e. The van der Waals surface area contributed by atoms with Gasteiger partial charge in [0.05, 0.1) is 17.9 Å². The predicted molar refractivity (Wildman–Crippen MR) is 93.3 cm³/mol. The molecule has 2 amide bonds. The van der Waals surface area contributed by atoms with Gasteiger partial charge in [0.1, 0.15) is 5.82 Å². The number of hydrogen-bond donors (Lipinski definition) is 1. The Bertz CT molecular complexity index is 771. The van der Waals surface area contributed by atoms with Crippen LogP contribution in [0.3, 0.4) is 0 Å². The second-order valence-electron chi connectivity index (χ2n) is 6.69. The number of amides is 2. The van der Waals surface area contributed by atoms with Crippen molar-refractivity contribution in [3.8, 4) is 0 Å². The summed E-state index contributed by atoms with van der Waals surface area (Å²) < 4.78 is 15.1. The van der Waals surface area contributed by atoms with Crippen LogP contribution in [0.15, 0.2) is 24.3 Å². The summed E-state index contributed by atoms with van der Waals surface area (Å²) in [5, 5.41) is 7.47. The van der Waals surface area contributed by atoms with Crippen molar-refractivity contribution in [1.29, 1.82) is 0 Å². The van der Waals surface area contributed by atoms with E-state index in [1.54, 1.807) is 17.0 Å². The summed E-state index contributed by atoms with van der Waals surface area (Å²) in [6, 6.07) is 6.14. The van der Waals surface area contributed by atoms with Crippen LogP contribution in [0.4, 0.5) is 9.18 Å². The van der Waals surface area contributed by atoms with E-state index in [0.717, 1.165) is 29.9 Å². The zero-order chi connectivity index (χ0) is 18.0. The average Bonchev–Trinajstić information content (AvgIpc) is 2.87. The number of rotatable bonds is 4. The van der Waals surface area contributed by atoms with Crippen molar-refractivity contribution in [3.05, 3.63) is 52.6 Å². The van der Waals surface area contributed by atoms with E-state index in [1.807, 2.05) is 25.8 Å². The van der Waals surface area contributed by atoms with Gasteiger partial charge < -0.3 is 15.1 Å². The number of benzene rings is 1. The topological polar surface area (TPSA) is 53.4 Å². The van der Waals surface area contributed by atoms with Crippen LogP contribution in [-0.4, -0.2) is 46.3 Å². The fourth-order valence-electron chi connectivity index (χ4n) is 3.19. The highest BCUT2D eigenvalue weighted by atomic mass is 19.1. The van der Waals surface area contributed by atoms with Crippen molar-refractivity contribution >= 4 is 6.03 Å². The molecular weight excluding hydrogens is 321 g/mol. The molecule has 0 radical (unpaired) electrons. The molecule has 1 aliphatic heterocycles. The number of urea groups is 1. The highest BCUT2D eigenvalue weighted by Crippen LogP contribution is 2.22. The Hall–Kier alpha value is -2.41. The van der Waals surface area contributed by atoms with Crippen LogP contribution in [0, 0.1) is 5.82 Å². The van der Waals surface area contributed by atoms with Gasteiger partial charge in [0.2, 0.25) is 0 Å². The molecule has 0 atom stereocenters. The highest BCUT2D eigenvalue weighted by Gasteiger charge is 2.26. The van der Waals surface area contributed by atoms with Gasteiger partial charge in [-0.2, -0.15) is 5.10 Å². The number of fused-ring (bicyclic) bond motifs is 1. The summed E-state index contributed by atoms with van der Waals surface area (Å²) in [6.45, 7) is 2.32. The number of aryl methyl sites for hydroxylation is 1. The maximum absolute atomic E-state index is 13.2. The minimum Gasteiger partial charge on any atom is -0.334 e. The number of carbonyl (C=O) groups excluding carboxylic acids is 1. The van der Waals surface area contributed by atoms with Crippen molar-refractivity contribution in [3.63, 3.8) is 0 Å². The molecule has 3 rings (SSSR count). The quantitative estimate of drug-likeness (QED) is 0.921. The first kappa shape index (κ1) is 17.4. The fraction of sp³-hybridized carbons (Fsp3) is 0.444. The molecule has 1 aliphatic rings. The van der Waals surface area contributed by atoms with E-state index in [4.69, 9.17) is 0 Å². The number of halogens is 1. The normalized spacial score (nSPS) is 13.9. The molecule has 0 bridgehead atoms. The standard InChI is InChI=1S/C18H24FN5O/c1-22(2)11-16-15-7-8-24(12-17(15)23(3)21-16)18(25)20-10-13-5-4-6-14(19)9-13/h4-6,9H,7-8,10-12H2,1-3H3,(H,20,25). The third kappa shape index (κ3) is 3.99. The molecule has 0 aliphatic carbocycles. The van der Waals surface area contributed by atoms with Gasteiger partial charge in [-0.15, -0.1) is 0 Å². The molecule has 25 heavy (non-hydrogen) atoms. The van der Waals surface area contributed by atoms with Crippen LogP contribution in [0.2, 0.25) is 0 Å². The van der Waals surface area contributed by atoms with E-state index in [2.05, 4.69) is 15.3 Å². The maximum Gasteiger partial charge on any atom is 0.318 e. The lowest BCUT2D eigenvalue weighted by molar-refractivity contribution is 0.190. The molecule has 0 saturated heterocycles. The first-order valence-electron chi connectivity index (χ1n) is 8.39. The lowest BCUT2D eigenvalue weighted by Crippen LogP contribution is -2.42. The van der Waals surface area contributed by atoms with E-state index < -0.39 is 0 Å². The average molecular weight is 345 g/mol. The van der Waals surface area contributed by atoms with E-state index in [9.17, 15) is 9.18 Å². The van der Waals surface area contributed by atoms with Gasteiger partial charge in [0.15, 0.2) is 0 Å². The van der Waals surface area contributed by atoms with Crippen LogP contribution in [-0.2, 0) is 33.1 Å². The van der Waals surface area contributed by atoms with Crippen molar-refractivity contribution < 1.29 is 9.18 Å². The highest BCUT2D eigenvalue weighted by molar-refractivity contribution is 5.74. The number of carbonyl (C=O) groups is 1. The Balaban J connectivity index is 1.64. The molecule has 1 N–H and O–H groups in total. The molecular formula is C18H24FN5O. The van der Waals surface area contributed by atoms with Crippen LogP contribution in [0.5, 0.6) is 0 Å². The second-order valence-corrected chi connectivity index (χ2v) is 6.69. The Labute approximate surface area is 147 Å². The molecule has 0 unspecified atom stereocenters. The van der Waals surface area contributed by atoms with Crippen molar-refractivity contribution in [2.24, 2.45) is 7.05 Å². The SMILES string of the molecule is CN(C)Cc1nn(C)c2c1CCN(C(=O)NCc1cccc(F)c1)C2. The molecule has 0 fully saturated rings. The van der Waals surface area contributed by atoms with Gasteiger partial charge in [0.25, 0.3) is 0 Å². The molecule has 7 heteroatoms. The Morgan fingerprint density at radius 3 is 2.92 bits per heavy atom. The van der Waals surface area contributed by atoms with Crippen molar-refractivity contribution in [2.75, 3.05) is 20.6 Å². The lowest BCUT2D eigenvalue weighted by atomic mass is 10.0. The lowest BCUT2D eigenvalue weighted by Gasteiger charge is -2.28. The van der Waals surface area contributed by atoms with Crippen molar-refractivity contribution in [2.45, 2.75) is 26.1 Å². The Morgan fingerprint density at radius 1 is 1.40 bits per heavy atom. The summed E-state index contributed by atoms with van der Waals surface area (Å²) in [5.74, 6) is -0.294. The Morgan fingerprint density at radius 2 is 2.20 bits per heavy atom. The molecule has 2 heterocycles. The monoisotopic (exact) mass is 345 g/mol. The van der Waals surface area contributed by atoms with Crippen LogP contribution in [0.25, 0.3) is 0 Å². The van der Waals surface area contributed by atoms with E-state index in [0.29, 0.717) is 19.6 Å². The molecule has 134 valence electrons. The van der Waals surface area contributed by atoms with Crippen LogP contribution < -0.4 is 5.32 Å². The Kier molecular flexibility index (Phi) is 5.03. The molecule has 2 aromatic rings. The van der Waals surface area contributed by atoms with Gasteiger partial charge in [-0.25, -0.2) is 9.18 Å². The first-order chi connectivity index (χ1) is 11.9. The van der Waals surface area contributed by atoms with Gasteiger partial charge >= 0.3 is 6.03 Å². The minimum absolute atomic E-state index is 0.134. The fourth-order valence-corrected chi connectivity index (χ4v) is 3.19. The summed E-state index contributed by atoms with van der Waals surface area (Å²) in [4.78, 5) is 16.3.